The van der Waals surface area contributed by atoms with Crippen LogP contribution in [0.4, 0.5) is 0 Å². The summed E-state index contributed by atoms with van der Waals surface area (Å²) < 4.78 is 5.54. The van der Waals surface area contributed by atoms with Crippen molar-refractivity contribution in [3.63, 3.8) is 0 Å². The second kappa shape index (κ2) is 5.63. The van der Waals surface area contributed by atoms with Crippen LogP contribution in [0.1, 0.15) is 41.3 Å². The first-order valence-electron chi connectivity index (χ1n) is 6.56. The lowest BCUT2D eigenvalue weighted by Gasteiger charge is -2.23. The fourth-order valence-electron chi connectivity index (χ4n) is 2.17. The Hall–Kier alpha value is -1.19. The van der Waals surface area contributed by atoms with Crippen LogP contribution in [-0.4, -0.2) is 31.6 Å². The summed E-state index contributed by atoms with van der Waals surface area (Å²) in [5.41, 5.74) is 3.03. The Balaban J connectivity index is 2.25. The average Bonchev–Trinajstić information content (AvgIpc) is 2.39. The molecule has 0 aromatic heterocycles. The number of hydrogen-bond donors (Lipinski definition) is 1. The van der Waals surface area contributed by atoms with Crippen molar-refractivity contribution < 1.29 is 9.53 Å². The second-order valence-corrected chi connectivity index (χ2v) is 5.16. The number of aryl methyl sites for hydroxylation is 1. The number of Topliss-reactive ketones (excluding diaryl/α,β-unsaturated/α-hetero) is 1. The smallest absolute Gasteiger partial charge is 0.193 e. The lowest BCUT2D eigenvalue weighted by atomic mass is 9.94. The van der Waals surface area contributed by atoms with Gasteiger partial charge in [-0.1, -0.05) is 26.0 Å². The number of morpholine rings is 1. The number of ether oxygens (including phenoxy) is 1. The van der Waals surface area contributed by atoms with E-state index in [9.17, 15) is 4.79 Å². The van der Waals surface area contributed by atoms with Gasteiger partial charge in [0.25, 0.3) is 0 Å². The summed E-state index contributed by atoms with van der Waals surface area (Å²) in [4.78, 5) is 12.4. The van der Waals surface area contributed by atoms with Crippen LogP contribution in [0.15, 0.2) is 18.2 Å². The number of hydrogen-bond acceptors (Lipinski definition) is 3. The molecule has 1 aliphatic rings. The largest absolute Gasteiger partial charge is 0.367 e. The van der Waals surface area contributed by atoms with Crippen molar-refractivity contribution in [3.05, 3.63) is 34.9 Å². The van der Waals surface area contributed by atoms with Gasteiger partial charge in [-0.25, -0.2) is 0 Å². The third-order valence-corrected chi connectivity index (χ3v) is 3.41. The first-order valence-corrected chi connectivity index (χ1v) is 6.56. The molecule has 3 heteroatoms. The van der Waals surface area contributed by atoms with Crippen molar-refractivity contribution in [2.75, 3.05) is 19.7 Å². The summed E-state index contributed by atoms with van der Waals surface area (Å²) in [6, 6.07) is 6.13. The van der Waals surface area contributed by atoms with Crippen LogP contribution >= 0.6 is 0 Å². The summed E-state index contributed by atoms with van der Waals surface area (Å²) in [5, 5.41) is 3.20. The third-order valence-electron chi connectivity index (χ3n) is 3.41. The van der Waals surface area contributed by atoms with Crippen LogP contribution in [0.3, 0.4) is 0 Å². The van der Waals surface area contributed by atoms with Crippen molar-refractivity contribution in [2.24, 2.45) is 0 Å². The Bertz CT molecular complexity index is 434. The van der Waals surface area contributed by atoms with E-state index in [0.717, 1.165) is 17.7 Å². The molecular weight excluding hydrogens is 226 g/mol. The Morgan fingerprint density at radius 2 is 2.22 bits per heavy atom. The van der Waals surface area contributed by atoms with E-state index in [-0.39, 0.29) is 11.9 Å². The Morgan fingerprint density at radius 3 is 2.83 bits per heavy atom. The predicted molar refractivity (Wildman–Crippen MR) is 72.2 cm³/mol. The summed E-state index contributed by atoms with van der Waals surface area (Å²) in [6.45, 7) is 8.31. The van der Waals surface area contributed by atoms with Gasteiger partial charge in [-0.2, -0.15) is 0 Å². The summed E-state index contributed by atoms with van der Waals surface area (Å²) >= 11 is 0. The minimum absolute atomic E-state index is 0.0993. The molecule has 0 radical (unpaired) electrons. The van der Waals surface area contributed by atoms with E-state index in [1.807, 2.05) is 19.1 Å². The first-order chi connectivity index (χ1) is 8.59. The van der Waals surface area contributed by atoms with Crippen molar-refractivity contribution in [1.29, 1.82) is 0 Å². The van der Waals surface area contributed by atoms with Crippen LogP contribution in [-0.2, 0) is 4.74 Å². The van der Waals surface area contributed by atoms with Gasteiger partial charge in [0.15, 0.2) is 5.78 Å². The maximum atomic E-state index is 12.4. The van der Waals surface area contributed by atoms with Crippen LogP contribution in [0.5, 0.6) is 0 Å². The Labute approximate surface area is 109 Å². The fourth-order valence-corrected chi connectivity index (χ4v) is 2.17. The quantitative estimate of drug-likeness (QED) is 0.833. The molecule has 1 N–H and O–H groups in total. The average molecular weight is 247 g/mol. The van der Waals surface area contributed by atoms with E-state index in [0.29, 0.717) is 19.1 Å². The van der Waals surface area contributed by atoms with Gasteiger partial charge in [-0.05, 0) is 30.0 Å². The highest BCUT2D eigenvalue weighted by Gasteiger charge is 2.24. The molecule has 18 heavy (non-hydrogen) atoms. The van der Waals surface area contributed by atoms with Gasteiger partial charge in [0, 0.05) is 18.7 Å². The van der Waals surface area contributed by atoms with Crippen molar-refractivity contribution in [2.45, 2.75) is 32.8 Å². The van der Waals surface area contributed by atoms with Crippen molar-refractivity contribution >= 4 is 5.78 Å². The molecule has 0 saturated carbocycles. The summed E-state index contributed by atoms with van der Waals surface area (Å²) in [7, 11) is 0. The van der Waals surface area contributed by atoms with Gasteiger partial charge in [-0.15, -0.1) is 0 Å². The monoisotopic (exact) mass is 247 g/mol. The molecule has 98 valence electrons. The highest BCUT2D eigenvalue weighted by Crippen LogP contribution is 2.20. The van der Waals surface area contributed by atoms with Crippen molar-refractivity contribution in [3.8, 4) is 0 Å². The van der Waals surface area contributed by atoms with Gasteiger partial charge in [0.2, 0.25) is 0 Å². The van der Waals surface area contributed by atoms with Crippen LogP contribution < -0.4 is 5.32 Å². The molecule has 1 aromatic rings. The predicted octanol–water partition coefficient (Wildman–Crippen LogP) is 2.29. The molecule has 2 rings (SSSR count). The molecule has 0 spiro atoms. The zero-order valence-electron chi connectivity index (χ0n) is 11.3. The number of ketones is 1. The number of nitrogens with one attached hydrogen (secondary N) is 1. The molecule has 1 atom stereocenters. The zero-order chi connectivity index (χ0) is 13.1. The molecule has 1 fully saturated rings. The standard InChI is InChI=1S/C15H21NO2/c1-10(2)12-5-4-11(3)13(8-12)15(17)14-9-16-6-7-18-14/h4-5,8,10,14,16H,6-7,9H2,1-3H3. The minimum Gasteiger partial charge on any atom is -0.367 e. The number of carbonyl (C=O) groups excluding carboxylic acids is 1. The van der Waals surface area contributed by atoms with E-state index in [1.165, 1.54) is 5.56 Å². The SMILES string of the molecule is Cc1ccc(C(C)C)cc1C(=O)C1CNCCO1. The normalized spacial score (nSPS) is 20.1. The van der Waals surface area contributed by atoms with Gasteiger partial charge in [0.05, 0.1) is 6.61 Å². The Kier molecular flexibility index (Phi) is 4.15. The first kappa shape index (κ1) is 13.2. The van der Waals surface area contributed by atoms with E-state index < -0.39 is 0 Å². The summed E-state index contributed by atoms with van der Waals surface area (Å²) in [6.07, 6.45) is -0.333. The van der Waals surface area contributed by atoms with Crippen LogP contribution in [0, 0.1) is 6.92 Å². The van der Waals surface area contributed by atoms with E-state index in [1.54, 1.807) is 0 Å². The van der Waals surface area contributed by atoms with E-state index in [4.69, 9.17) is 4.74 Å². The molecular formula is C15H21NO2. The number of rotatable bonds is 3. The molecule has 3 nitrogen and oxygen atoms in total. The van der Waals surface area contributed by atoms with Crippen molar-refractivity contribution in [1.82, 2.24) is 5.32 Å². The van der Waals surface area contributed by atoms with Gasteiger partial charge in [0.1, 0.15) is 6.10 Å². The third kappa shape index (κ3) is 2.79. The molecule has 1 heterocycles. The van der Waals surface area contributed by atoms with Gasteiger partial charge in [-0.3, -0.25) is 4.79 Å². The maximum absolute atomic E-state index is 12.4. The van der Waals surface area contributed by atoms with Gasteiger partial charge >= 0.3 is 0 Å². The topological polar surface area (TPSA) is 38.3 Å². The Morgan fingerprint density at radius 1 is 1.44 bits per heavy atom. The molecule has 1 saturated heterocycles. The lowest BCUT2D eigenvalue weighted by molar-refractivity contribution is 0.0269. The molecule has 0 amide bonds. The van der Waals surface area contributed by atoms with E-state index in [2.05, 4.69) is 25.2 Å². The molecule has 1 unspecified atom stereocenters. The highest BCUT2D eigenvalue weighted by atomic mass is 16.5. The summed E-state index contributed by atoms with van der Waals surface area (Å²) in [5.74, 6) is 0.532. The fraction of sp³-hybridized carbons (Fsp3) is 0.533. The number of carbonyl (C=O) groups is 1. The maximum Gasteiger partial charge on any atom is 0.193 e. The highest BCUT2D eigenvalue weighted by molar-refractivity contribution is 6.01. The molecule has 1 aliphatic heterocycles. The number of benzene rings is 1. The van der Waals surface area contributed by atoms with Crippen LogP contribution in [0.2, 0.25) is 0 Å². The molecule has 1 aromatic carbocycles. The minimum atomic E-state index is -0.333. The molecule has 0 bridgehead atoms. The lowest BCUT2D eigenvalue weighted by Crippen LogP contribution is -2.43. The second-order valence-electron chi connectivity index (χ2n) is 5.16. The zero-order valence-corrected chi connectivity index (χ0v) is 11.3. The van der Waals surface area contributed by atoms with Crippen LogP contribution in [0.25, 0.3) is 0 Å². The molecule has 0 aliphatic carbocycles. The van der Waals surface area contributed by atoms with Gasteiger partial charge < -0.3 is 10.1 Å². The van der Waals surface area contributed by atoms with E-state index >= 15 is 0 Å².